The third kappa shape index (κ3) is 3.55. The first-order valence-corrected chi connectivity index (χ1v) is 9.17. The molecule has 3 rings (SSSR count). The summed E-state index contributed by atoms with van der Waals surface area (Å²) in [5.74, 6) is 0.991. The highest BCUT2D eigenvalue weighted by Gasteiger charge is 2.23. The summed E-state index contributed by atoms with van der Waals surface area (Å²) >= 11 is 0. The SMILES string of the molecule is CCN(C(=O)NCCn1c(C)nc2ccccc21)C1CCCCC1. The van der Waals surface area contributed by atoms with Crippen LogP contribution in [0.1, 0.15) is 44.9 Å². The Hall–Kier alpha value is -2.04. The van der Waals surface area contributed by atoms with E-state index in [2.05, 4.69) is 27.9 Å². The molecule has 0 spiro atoms. The van der Waals surface area contributed by atoms with Crippen LogP contribution in [-0.2, 0) is 6.54 Å². The minimum Gasteiger partial charge on any atom is -0.336 e. The molecule has 1 aromatic heterocycles. The molecule has 1 N–H and O–H groups in total. The van der Waals surface area contributed by atoms with Crippen LogP contribution in [0.5, 0.6) is 0 Å². The molecule has 5 heteroatoms. The van der Waals surface area contributed by atoms with Gasteiger partial charge in [-0.2, -0.15) is 0 Å². The molecule has 1 heterocycles. The van der Waals surface area contributed by atoms with Crippen LogP contribution in [0.15, 0.2) is 24.3 Å². The summed E-state index contributed by atoms with van der Waals surface area (Å²) in [4.78, 5) is 19.1. The van der Waals surface area contributed by atoms with Gasteiger partial charge in [0.15, 0.2) is 0 Å². The number of carbonyl (C=O) groups excluding carboxylic acids is 1. The molecule has 0 atom stereocenters. The molecule has 0 bridgehead atoms. The Balaban J connectivity index is 1.58. The number of fused-ring (bicyclic) bond motifs is 1. The average Bonchev–Trinajstić information content (AvgIpc) is 2.92. The van der Waals surface area contributed by atoms with Gasteiger partial charge in [0.25, 0.3) is 0 Å². The predicted molar refractivity (Wildman–Crippen MR) is 97.1 cm³/mol. The number of benzene rings is 1. The lowest BCUT2D eigenvalue weighted by Gasteiger charge is -2.33. The monoisotopic (exact) mass is 328 g/mol. The van der Waals surface area contributed by atoms with E-state index in [9.17, 15) is 4.79 Å². The van der Waals surface area contributed by atoms with Crippen molar-refractivity contribution in [2.75, 3.05) is 13.1 Å². The Morgan fingerprint density at radius 2 is 2.04 bits per heavy atom. The first-order valence-electron chi connectivity index (χ1n) is 9.17. The number of nitrogens with one attached hydrogen (secondary N) is 1. The van der Waals surface area contributed by atoms with Gasteiger partial charge in [0.05, 0.1) is 11.0 Å². The van der Waals surface area contributed by atoms with Crippen molar-refractivity contribution in [2.45, 2.75) is 58.5 Å². The van der Waals surface area contributed by atoms with Gasteiger partial charge in [0.2, 0.25) is 0 Å². The zero-order chi connectivity index (χ0) is 16.9. The van der Waals surface area contributed by atoms with Gasteiger partial charge in [-0.25, -0.2) is 9.78 Å². The van der Waals surface area contributed by atoms with Crippen LogP contribution >= 0.6 is 0 Å². The number of carbonyl (C=O) groups is 1. The number of amides is 2. The number of hydrogen-bond donors (Lipinski definition) is 1. The molecule has 130 valence electrons. The van der Waals surface area contributed by atoms with Crippen LogP contribution < -0.4 is 5.32 Å². The maximum absolute atomic E-state index is 12.5. The smallest absolute Gasteiger partial charge is 0.317 e. The van der Waals surface area contributed by atoms with Crippen molar-refractivity contribution in [3.8, 4) is 0 Å². The van der Waals surface area contributed by atoms with Crippen LogP contribution in [0.4, 0.5) is 4.79 Å². The molecule has 2 amide bonds. The molecule has 5 nitrogen and oxygen atoms in total. The van der Waals surface area contributed by atoms with Gasteiger partial charge in [-0.05, 0) is 38.8 Å². The van der Waals surface area contributed by atoms with E-state index in [0.29, 0.717) is 12.6 Å². The van der Waals surface area contributed by atoms with Crippen LogP contribution in [0.25, 0.3) is 11.0 Å². The topological polar surface area (TPSA) is 50.2 Å². The summed E-state index contributed by atoms with van der Waals surface area (Å²) in [5, 5.41) is 3.10. The fraction of sp³-hybridized carbons (Fsp3) is 0.579. The highest BCUT2D eigenvalue weighted by molar-refractivity contribution is 5.76. The standard InChI is InChI=1S/C19H28N4O/c1-3-22(16-9-5-4-6-10-16)19(24)20-13-14-23-15(2)21-17-11-7-8-12-18(17)23/h7-8,11-12,16H,3-6,9-10,13-14H2,1-2H3,(H,20,24). The predicted octanol–water partition coefficient (Wildman–Crippen LogP) is 3.71. The van der Waals surface area contributed by atoms with Crippen LogP contribution in [0, 0.1) is 6.92 Å². The summed E-state index contributed by atoms with van der Waals surface area (Å²) < 4.78 is 2.17. The van der Waals surface area contributed by atoms with E-state index in [1.165, 1.54) is 19.3 Å². The van der Waals surface area contributed by atoms with Gasteiger partial charge in [-0.1, -0.05) is 31.4 Å². The average molecular weight is 328 g/mol. The van der Waals surface area contributed by atoms with Gasteiger partial charge >= 0.3 is 6.03 Å². The third-order valence-electron chi connectivity index (χ3n) is 5.07. The van der Waals surface area contributed by atoms with Crippen molar-refractivity contribution in [1.29, 1.82) is 0 Å². The largest absolute Gasteiger partial charge is 0.336 e. The minimum absolute atomic E-state index is 0.0754. The van der Waals surface area contributed by atoms with E-state index < -0.39 is 0 Å². The number of urea groups is 1. The number of imidazole rings is 1. The Morgan fingerprint density at radius 1 is 1.29 bits per heavy atom. The van der Waals surface area contributed by atoms with Gasteiger partial charge in [-0.15, -0.1) is 0 Å². The molecular weight excluding hydrogens is 300 g/mol. The lowest BCUT2D eigenvalue weighted by Crippen LogP contribution is -2.47. The fourth-order valence-electron chi connectivity index (χ4n) is 3.81. The number of hydrogen-bond acceptors (Lipinski definition) is 2. The molecule has 1 fully saturated rings. The Kier molecular flexibility index (Phi) is 5.38. The molecule has 1 saturated carbocycles. The zero-order valence-corrected chi connectivity index (χ0v) is 14.8. The van der Waals surface area contributed by atoms with Crippen molar-refractivity contribution in [3.63, 3.8) is 0 Å². The van der Waals surface area contributed by atoms with Crippen LogP contribution in [0.3, 0.4) is 0 Å². The molecule has 0 aliphatic heterocycles. The van der Waals surface area contributed by atoms with E-state index in [4.69, 9.17) is 0 Å². The van der Waals surface area contributed by atoms with Crippen molar-refractivity contribution in [1.82, 2.24) is 19.8 Å². The van der Waals surface area contributed by atoms with Gasteiger partial charge in [0, 0.05) is 25.7 Å². The van der Waals surface area contributed by atoms with Crippen molar-refractivity contribution < 1.29 is 4.79 Å². The van der Waals surface area contributed by atoms with E-state index in [1.54, 1.807) is 0 Å². The lowest BCUT2D eigenvalue weighted by atomic mass is 9.94. The lowest BCUT2D eigenvalue weighted by molar-refractivity contribution is 0.159. The first-order chi connectivity index (χ1) is 11.7. The van der Waals surface area contributed by atoms with Gasteiger partial charge in [0.1, 0.15) is 5.82 Å². The van der Waals surface area contributed by atoms with Crippen molar-refractivity contribution in [3.05, 3.63) is 30.1 Å². The van der Waals surface area contributed by atoms with Crippen LogP contribution in [0.2, 0.25) is 0 Å². The molecule has 1 aliphatic carbocycles. The summed E-state index contributed by atoms with van der Waals surface area (Å²) in [6.07, 6.45) is 6.09. The van der Waals surface area contributed by atoms with E-state index in [-0.39, 0.29) is 6.03 Å². The minimum atomic E-state index is 0.0754. The van der Waals surface area contributed by atoms with E-state index in [1.807, 2.05) is 30.0 Å². The second-order valence-electron chi connectivity index (χ2n) is 6.61. The maximum atomic E-state index is 12.5. The van der Waals surface area contributed by atoms with Crippen molar-refractivity contribution in [2.24, 2.45) is 0 Å². The normalized spacial score (nSPS) is 15.6. The summed E-state index contributed by atoms with van der Waals surface area (Å²) in [6.45, 7) is 6.25. The maximum Gasteiger partial charge on any atom is 0.317 e. The molecular formula is C19H28N4O. The Labute approximate surface area is 144 Å². The molecule has 0 saturated heterocycles. The third-order valence-corrected chi connectivity index (χ3v) is 5.07. The zero-order valence-electron chi connectivity index (χ0n) is 14.8. The number of nitrogens with zero attached hydrogens (tertiary/aromatic N) is 3. The van der Waals surface area contributed by atoms with Crippen LogP contribution in [-0.4, -0.2) is 39.6 Å². The molecule has 0 radical (unpaired) electrons. The number of rotatable bonds is 5. The quantitative estimate of drug-likeness (QED) is 0.909. The second kappa shape index (κ2) is 7.69. The molecule has 24 heavy (non-hydrogen) atoms. The molecule has 2 aromatic rings. The number of aromatic nitrogens is 2. The summed E-state index contributed by atoms with van der Waals surface area (Å²) in [7, 11) is 0. The van der Waals surface area contributed by atoms with Gasteiger partial charge < -0.3 is 14.8 Å². The van der Waals surface area contributed by atoms with E-state index in [0.717, 1.165) is 42.8 Å². The highest BCUT2D eigenvalue weighted by atomic mass is 16.2. The summed E-state index contributed by atoms with van der Waals surface area (Å²) in [5.41, 5.74) is 2.14. The number of aryl methyl sites for hydroxylation is 1. The summed E-state index contributed by atoms with van der Waals surface area (Å²) in [6, 6.07) is 8.63. The van der Waals surface area contributed by atoms with E-state index >= 15 is 0 Å². The molecule has 1 aliphatic rings. The van der Waals surface area contributed by atoms with Crippen molar-refractivity contribution >= 4 is 17.1 Å². The Morgan fingerprint density at radius 3 is 2.79 bits per heavy atom. The number of para-hydroxylation sites is 2. The van der Waals surface area contributed by atoms with Gasteiger partial charge in [-0.3, -0.25) is 0 Å². The highest BCUT2D eigenvalue weighted by Crippen LogP contribution is 2.22. The first kappa shape index (κ1) is 16.8. The Bertz CT molecular complexity index is 688. The fourth-order valence-corrected chi connectivity index (χ4v) is 3.81. The second-order valence-corrected chi connectivity index (χ2v) is 6.61. The molecule has 0 unspecified atom stereocenters. The molecule has 1 aromatic carbocycles.